The van der Waals surface area contributed by atoms with Crippen molar-refractivity contribution in [2.75, 3.05) is 31.6 Å². The Labute approximate surface area is 159 Å². The molecule has 2 amide bonds. The van der Waals surface area contributed by atoms with Crippen LogP contribution in [0.3, 0.4) is 0 Å². The average Bonchev–Trinajstić information content (AvgIpc) is 3.22. The molecule has 1 spiro atoms. The average molecular weight is 370 g/mol. The van der Waals surface area contributed by atoms with Crippen LogP contribution in [-0.4, -0.2) is 37.2 Å². The minimum absolute atomic E-state index is 0.0233. The summed E-state index contributed by atoms with van der Waals surface area (Å²) >= 11 is 0. The number of furan rings is 1. The van der Waals surface area contributed by atoms with Gasteiger partial charge in [-0.3, -0.25) is 0 Å². The van der Waals surface area contributed by atoms with Crippen LogP contribution in [-0.2, 0) is 11.3 Å². The minimum Gasteiger partial charge on any atom is -0.486 e. The minimum atomic E-state index is -0.0233. The van der Waals surface area contributed by atoms with E-state index in [1.54, 1.807) is 6.26 Å². The molecule has 6 heteroatoms. The number of amides is 2. The highest BCUT2D eigenvalue weighted by Gasteiger charge is 2.38. The first-order valence-corrected chi connectivity index (χ1v) is 9.61. The Morgan fingerprint density at radius 1 is 1.15 bits per heavy atom. The lowest BCUT2D eigenvalue weighted by Crippen LogP contribution is -2.49. The quantitative estimate of drug-likeness (QED) is 0.872. The summed E-state index contributed by atoms with van der Waals surface area (Å²) in [6.45, 7) is 3.66. The molecule has 0 radical (unpaired) electrons. The van der Waals surface area contributed by atoms with Crippen LogP contribution in [0.2, 0.25) is 0 Å². The third-order valence-electron chi connectivity index (χ3n) is 5.57. The molecule has 2 aromatic rings. The van der Waals surface area contributed by atoms with E-state index in [4.69, 9.17) is 13.9 Å². The Morgan fingerprint density at radius 3 is 2.70 bits per heavy atom. The van der Waals surface area contributed by atoms with Crippen LogP contribution in [0.4, 0.5) is 10.5 Å². The number of carbonyl (C=O) groups excluding carboxylic acids is 1. The molecule has 2 aliphatic rings. The van der Waals surface area contributed by atoms with E-state index in [2.05, 4.69) is 5.32 Å². The molecule has 0 bridgehead atoms. The fourth-order valence-electron chi connectivity index (χ4n) is 3.98. The third-order valence-corrected chi connectivity index (χ3v) is 5.57. The molecule has 1 aromatic heterocycles. The fraction of sp³-hybridized carbons (Fsp3) is 0.476. The molecule has 4 rings (SSSR count). The van der Waals surface area contributed by atoms with Gasteiger partial charge >= 0.3 is 6.03 Å². The SMILES string of the molecule is O=C(Nc1ccc(OCc2ccco2)cc1)N1CCCC2(CCOCC2)C1. The van der Waals surface area contributed by atoms with Crippen LogP contribution >= 0.6 is 0 Å². The standard InChI is InChI=1S/C21H26N2O4/c24-20(23-11-2-8-21(16-23)9-13-25-14-10-21)22-17-4-6-18(7-5-17)27-15-19-3-1-12-26-19/h1,3-7,12H,2,8-11,13-16H2,(H,22,24). The summed E-state index contributed by atoms with van der Waals surface area (Å²) in [6.07, 6.45) is 5.99. The van der Waals surface area contributed by atoms with Crippen molar-refractivity contribution < 1.29 is 18.7 Å². The van der Waals surface area contributed by atoms with Gasteiger partial charge in [0, 0.05) is 32.0 Å². The second kappa shape index (κ2) is 8.05. The number of nitrogens with zero attached hydrogens (tertiary/aromatic N) is 1. The van der Waals surface area contributed by atoms with Crippen molar-refractivity contribution in [2.24, 2.45) is 5.41 Å². The normalized spacial score (nSPS) is 19.0. The first kappa shape index (κ1) is 17.9. The van der Waals surface area contributed by atoms with Crippen molar-refractivity contribution in [1.29, 1.82) is 0 Å². The van der Waals surface area contributed by atoms with E-state index in [0.717, 1.165) is 62.8 Å². The number of hydrogen-bond acceptors (Lipinski definition) is 4. The first-order valence-electron chi connectivity index (χ1n) is 9.61. The number of carbonyl (C=O) groups is 1. The summed E-state index contributed by atoms with van der Waals surface area (Å²) in [7, 11) is 0. The summed E-state index contributed by atoms with van der Waals surface area (Å²) in [5.74, 6) is 1.52. The van der Waals surface area contributed by atoms with Crippen molar-refractivity contribution in [2.45, 2.75) is 32.3 Å². The highest BCUT2D eigenvalue weighted by Crippen LogP contribution is 2.39. The van der Waals surface area contributed by atoms with Gasteiger partial charge in [-0.2, -0.15) is 0 Å². The van der Waals surface area contributed by atoms with Gasteiger partial charge in [0.2, 0.25) is 0 Å². The lowest BCUT2D eigenvalue weighted by Gasteiger charge is -2.44. The maximum atomic E-state index is 12.7. The van der Waals surface area contributed by atoms with Gasteiger partial charge in [-0.15, -0.1) is 0 Å². The Balaban J connectivity index is 1.31. The molecule has 27 heavy (non-hydrogen) atoms. The van der Waals surface area contributed by atoms with Crippen LogP contribution in [0.15, 0.2) is 47.1 Å². The number of nitrogens with one attached hydrogen (secondary N) is 1. The molecular formula is C21H26N2O4. The lowest BCUT2D eigenvalue weighted by atomic mass is 9.74. The number of hydrogen-bond donors (Lipinski definition) is 1. The highest BCUT2D eigenvalue weighted by molar-refractivity contribution is 5.89. The number of likely N-dealkylation sites (tertiary alicyclic amines) is 1. The van der Waals surface area contributed by atoms with E-state index in [1.807, 2.05) is 41.3 Å². The van der Waals surface area contributed by atoms with Crippen molar-refractivity contribution in [3.8, 4) is 5.75 Å². The summed E-state index contributed by atoms with van der Waals surface area (Å²) in [5, 5.41) is 3.01. The second-order valence-corrected chi connectivity index (χ2v) is 7.46. The van der Waals surface area contributed by atoms with Gasteiger partial charge in [0.05, 0.1) is 6.26 Å². The van der Waals surface area contributed by atoms with E-state index in [-0.39, 0.29) is 11.4 Å². The molecule has 3 heterocycles. The van der Waals surface area contributed by atoms with Crippen molar-refractivity contribution in [1.82, 2.24) is 4.90 Å². The number of anilines is 1. The van der Waals surface area contributed by atoms with Gasteiger partial charge in [0.15, 0.2) is 0 Å². The molecule has 0 saturated carbocycles. The van der Waals surface area contributed by atoms with Gasteiger partial charge in [-0.25, -0.2) is 4.79 Å². The van der Waals surface area contributed by atoms with Crippen LogP contribution < -0.4 is 10.1 Å². The van der Waals surface area contributed by atoms with Crippen LogP contribution in [0.1, 0.15) is 31.4 Å². The van der Waals surface area contributed by atoms with Gasteiger partial charge in [-0.1, -0.05) is 0 Å². The Hall–Kier alpha value is -2.47. The summed E-state index contributed by atoms with van der Waals surface area (Å²) in [4.78, 5) is 14.7. The van der Waals surface area contributed by atoms with Gasteiger partial charge in [0.1, 0.15) is 18.1 Å². The molecular weight excluding hydrogens is 344 g/mol. The molecule has 0 aliphatic carbocycles. The molecule has 6 nitrogen and oxygen atoms in total. The zero-order valence-corrected chi connectivity index (χ0v) is 15.5. The summed E-state index contributed by atoms with van der Waals surface area (Å²) in [6, 6.07) is 11.1. The van der Waals surface area contributed by atoms with E-state index in [9.17, 15) is 4.79 Å². The summed E-state index contributed by atoms with van der Waals surface area (Å²) < 4.78 is 16.4. The van der Waals surface area contributed by atoms with E-state index in [0.29, 0.717) is 6.61 Å². The maximum Gasteiger partial charge on any atom is 0.321 e. The zero-order valence-electron chi connectivity index (χ0n) is 15.5. The Bertz CT molecular complexity index is 731. The lowest BCUT2D eigenvalue weighted by molar-refractivity contribution is -0.0175. The fourth-order valence-corrected chi connectivity index (χ4v) is 3.98. The first-order chi connectivity index (χ1) is 13.2. The predicted octanol–water partition coefficient (Wildman–Crippen LogP) is 4.28. The molecule has 1 N–H and O–H groups in total. The number of piperidine rings is 1. The Kier molecular flexibility index (Phi) is 5.34. The van der Waals surface area contributed by atoms with Crippen molar-refractivity contribution >= 4 is 11.7 Å². The topological polar surface area (TPSA) is 63.9 Å². The monoisotopic (exact) mass is 370 g/mol. The van der Waals surface area contributed by atoms with Crippen molar-refractivity contribution in [3.63, 3.8) is 0 Å². The van der Waals surface area contributed by atoms with Crippen LogP contribution in [0.25, 0.3) is 0 Å². The molecule has 0 atom stereocenters. The number of benzene rings is 1. The van der Waals surface area contributed by atoms with Gasteiger partial charge in [0.25, 0.3) is 0 Å². The van der Waals surface area contributed by atoms with Crippen molar-refractivity contribution in [3.05, 3.63) is 48.4 Å². The number of urea groups is 1. The third kappa shape index (κ3) is 4.45. The molecule has 2 fully saturated rings. The number of ether oxygens (including phenoxy) is 2. The maximum absolute atomic E-state index is 12.7. The highest BCUT2D eigenvalue weighted by atomic mass is 16.5. The van der Waals surface area contributed by atoms with E-state index < -0.39 is 0 Å². The molecule has 144 valence electrons. The smallest absolute Gasteiger partial charge is 0.321 e. The molecule has 0 unspecified atom stereocenters. The Morgan fingerprint density at radius 2 is 1.96 bits per heavy atom. The molecule has 2 saturated heterocycles. The number of rotatable bonds is 4. The van der Waals surface area contributed by atoms with Gasteiger partial charge < -0.3 is 24.1 Å². The predicted molar refractivity (Wildman–Crippen MR) is 102 cm³/mol. The van der Waals surface area contributed by atoms with Crippen LogP contribution in [0.5, 0.6) is 5.75 Å². The summed E-state index contributed by atoms with van der Waals surface area (Å²) in [5.41, 5.74) is 1.02. The van der Waals surface area contributed by atoms with Crippen LogP contribution in [0, 0.1) is 5.41 Å². The zero-order chi connectivity index (χ0) is 18.5. The van der Waals surface area contributed by atoms with Gasteiger partial charge in [-0.05, 0) is 67.5 Å². The molecule has 1 aromatic carbocycles. The van der Waals surface area contributed by atoms with E-state index >= 15 is 0 Å². The largest absolute Gasteiger partial charge is 0.486 e. The van der Waals surface area contributed by atoms with E-state index in [1.165, 1.54) is 6.42 Å². The molecule has 2 aliphatic heterocycles. The second-order valence-electron chi connectivity index (χ2n) is 7.46.